The number of imidazole rings is 1. The van der Waals surface area contributed by atoms with Gasteiger partial charge in [0.1, 0.15) is 11.3 Å². The van der Waals surface area contributed by atoms with Crippen LogP contribution in [0.5, 0.6) is 0 Å². The van der Waals surface area contributed by atoms with E-state index < -0.39 is 11.9 Å². The van der Waals surface area contributed by atoms with Crippen LogP contribution in [0.15, 0.2) is 60.7 Å². The van der Waals surface area contributed by atoms with Crippen molar-refractivity contribution in [3.8, 4) is 0 Å². The first kappa shape index (κ1) is 21.8. The summed E-state index contributed by atoms with van der Waals surface area (Å²) in [5, 5.41) is 9.69. The molecule has 0 fully saturated rings. The zero-order chi connectivity index (χ0) is 22.8. The van der Waals surface area contributed by atoms with Gasteiger partial charge >= 0.3 is 5.97 Å². The van der Waals surface area contributed by atoms with Crippen LogP contribution in [0.2, 0.25) is 0 Å². The van der Waals surface area contributed by atoms with E-state index in [-0.39, 0.29) is 5.92 Å². The molecule has 0 spiro atoms. The van der Waals surface area contributed by atoms with Crippen LogP contribution in [-0.2, 0) is 17.8 Å². The molecule has 0 aliphatic heterocycles. The number of aliphatic carboxylic acids is 1. The van der Waals surface area contributed by atoms with Crippen LogP contribution < -0.4 is 0 Å². The second-order valence-electron chi connectivity index (χ2n) is 8.48. The van der Waals surface area contributed by atoms with Gasteiger partial charge in [0.05, 0.1) is 12.5 Å². The summed E-state index contributed by atoms with van der Waals surface area (Å²) in [5.41, 5.74) is 7.17. The number of carboxylic acids is 1. The SMILES string of the molecule is CCc1nc2c(C)cc(C)nc2n1Cc1ccc([C@@H](c2ccccc2)[C@H](C)C(=O)O)cc1. The molecule has 0 aliphatic carbocycles. The molecule has 2 heterocycles. The quantitative estimate of drug-likeness (QED) is 0.422. The summed E-state index contributed by atoms with van der Waals surface area (Å²) in [4.78, 5) is 21.4. The zero-order valence-electron chi connectivity index (χ0n) is 19.0. The van der Waals surface area contributed by atoms with Crippen molar-refractivity contribution in [3.05, 3.63) is 94.4 Å². The van der Waals surface area contributed by atoms with Crippen molar-refractivity contribution < 1.29 is 9.90 Å². The molecule has 32 heavy (non-hydrogen) atoms. The van der Waals surface area contributed by atoms with Crippen LogP contribution in [0.3, 0.4) is 0 Å². The first-order chi connectivity index (χ1) is 15.4. The van der Waals surface area contributed by atoms with E-state index in [1.54, 1.807) is 6.92 Å². The van der Waals surface area contributed by atoms with E-state index >= 15 is 0 Å². The lowest BCUT2D eigenvalue weighted by molar-refractivity contribution is -0.141. The molecule has 0 amide bonds. The van der Waals surface area contributed by atoms with E-state index in [0.717, 1.165) is 51.4 Å². The largest absolute Gasteiger partial charge is 0.481 e. The molecule has 0 radical (unpaired) electrons. The minimum atomic E-state index is -0.794. The predicted molar refractivity (Wildman–Crippen MR) is 127 cm³/mol. The monoisotopic (exact) mass is 427 g/mol. The number of nitrogens with zero attached hydrogens (tertiary/aromatic N) is 3. The molecule has 0 saturated heterocycles. The molecular weight excluding hydrogens is 398 g/mol. The van der Waals surface area contributed by atoms with Gasteiger partial charge in [-0.3, -0.25) is 4.79 Å². The minimum absolute atomic E-state index is 0.199. The van der Waals surface area contributed by atoms with Crippen LogP contribution in [0.25, 0.3) is 11.2 Å². The lowest BCUT2D eigenvalue weighted by Crippen LogP contribution is -2.20. The van der Waals surface area contributed by atoms with Gasteiger partial charge in [-0.2, -0.15) is 0 Å². The Balaban J connectivity index is 1.69. The molecule has 1 N–H and O–H groups in total. The number of carboxylic acid groups (broad SMARTS) is 1. The second kappa shape index (κ2) is 8.95. The predicted octanol–water partition coefficient (Wildman–Crippen LogP) is 5.51. The summed E-state index contributed by atoms with van der Waals surface area (Å²) in [6, 6.07) is 20.2. The van der Waals surface area contributed by atoms with Gasteiger partial charge in [-0.05, 0) is 42.2 Å². The summed E-state index contributed by atoms with van der Waals surface area (Å²) < 4.78 is 2.19. The van der Waals surface area contributed by atoms with Gasteiger partial charge in [0, 0.05) is 18.0 Å². The fourth-order valence-corrected chi connectivity index (χ4v) is 4.47. The van der Waals surface area contributed by atoms with E-state index in [9.17, 15) is 9.90 Å². The van der Waals surface area contributed by atoms with Crippen molar-refractivity contribution in [1.29, 1.82) is 0 Å². The molecule has 0 saturated carbocycles. The van der Waals surface area contributed by atoms with E-state index in [1.165, 1.54) is 0 Å². The van der Waals surface area contributed by atoms with Crippen molar-refractivity contribution in [2.24, 2.45) is 5.92 Å². The van der Waals surface area contributed by atoms with Crippen molar-refractivity contribution >= 4 is 17.1 Å². The van der Waals surface area contributed by atoms with Gasteiger partial charge in [0.25, 0.3) is 0 Å². The second-order valence-corrected chi connectivity index (χ2v) is 8.48. The van der Waals surface area contributed by atoms with Crippen molar-refractivity contribution in [2.75, 3.05) is 0 Å². The first-order valence-electron chi connectivity index (χ1n) is 11.1. The van der Waals surface area contributed by atoms with Crippen LogP contribution in [-0.4, -0.2) is 25.6 Å². The summed E-state index contributed by atoms with van der Waals surface area (Å²) in [5.74, 6) is -0.498. The molecule has 0 bridgehead atoms. The normalized spacial score (nSPS) is 13.2. The summed E-state index contributed by atoms with van der Waals surface area (Å²) in [7, 11) is 0. The molecule has 2 aromatic carbocycles. The zero-order valence-corrected chi connectivity index (χ0v) is 19.0. The first-order valence-corrected chi connectivity index (χ1v) is 11.1. The van der Waals surface area contributed by atoms with Crippen LogP contribution in [0, 0.1) is 19.8 Å². The molecule has 2 aromatic heterocycles. The smallest absolute Gasteiger partial charge is 0.307 e. The maximum Gasteiger partial charge on any atom is 0.307 e. The maximum absolute atomic E-state index is 11.8. The molecule has 0 unspecified atom stereocenters. The Morgan fingerprint density at radius 1 is 1.00 bits per heavy atom. The van der Waals surface area contributed by atoms with E-state index in [4.69, 9.17) is 9.97 Å². The summed E-state index contributed by atoms with van der Waals surface area (Å²) >= 11 is 0. The molecular formula is C27H29N3O2. The standard InChI is InChI=1S/C27H29N3O2/c1-5-23-29-25-17(2)15-18(3)28-26(25)30(23)16-20-11-13-22(14-12-20)24(19(4)27(31)32)21-9-7-6-8-10-21/h6-15,19,24H,5,16H2,1-4H3,(H,31,32)/t19-,24+/m0/s1. The molecule has 4 rings (SSSR count). The number of fused-ring (bicyclic) bond motifs is 1. The van der Waals surface area contributed by atoms with Gasteiger partial charge in [-0.25, -0.2) is 9.97 Å². The Bertz CT molecular complexity index is 1240. The molecule has 4 aromatic rings. The highest BCUT2D eigenvalue weighted by Crippen LogP contribution is 2.32. The number of carbonyl (C=O) groups is 1. The van der Waals surface area contributed by atoms with Crippen molar-refractivity contribution in [2.45, 2.75) is 46.6 Å². The van der Waals surface area contributed by atoms with Gasteiger partial charge in [-0.1, -0.05) is 68.4 Å². The molecule has 0 aliphatic rings. The van der Waals surface area contributed by atoms with Gasteiger partial charge in [0.15, 0.2) is 5.65 Å². The topological polar surface area (TPSA) is 68.0 Å². The van der Waals surface area contributed by atoms with Gasteiger partial charge < -0.3 is 9.67 Å². The Morgan fingerprint density at radius 2 is 1.66 bits per heavy atom. The highest BCUT2D eigenvalue weighted by Gasteiger charge is 2.26. The van der Waals surface area contributed by atoms with Crippen LogP contribution >= 0.6 is 0 Å². The molecule has 5 nitrogen and oxygen atoms in total. The van der Waals surface area contributed by atoms with Crippen LogP contribution in [0.4, 0.5) is 0 Å². The average Bonchev–Trinajstić information content (AvgIpc) is 3.13. The Hall–Kier alpha value is -3.47. The summed E-state index contributed by atoms with van der Waals surface area (Å²) in [6.45, 7) is 8.66. The van der Waals surface area contributed by atoms with E-state index in [1.807, 2.05) is 37.3 Å². The Morgan fingerprint density at radius 3 is 2.28 bits per heavy atom. The number of aryl methyl sites for hydroxylation is 3. The van der Waals surface area contributed by atoms with E-state index in [0.29, 0.717) is 6.54 Å². The van der Waals surface area contributed by atoms with Gasteiger partial charge in [0.2, 0.25) is 0 Å². The summed E-state index contributed by atoms with van der Waals surface area (Å²) in [6.07, 6.45) is 0.832. The number of benzene rings is 2. The van der Waals surface area contributed by atoms with Gasteiger partial charge in [-0.15, -0.1) is 0 Å². The average molecular weight is 428 g/mol. The van der Waals surface area contributed by atoms with E-state index in [2.05, 4.69) is 48.7 Å². The maximum atomic E-state index is 11.8. The number of hydrogen-bond acceptors (Lipinski definition) is 3. The molecule has 164 valence electrons. The molecule has 5 heteroatoms. The lowest BCUT2D eigenvalue weighted by Gasteiger charge is -2.22. The number of hydrogen-bond donors (Lipinski definition) is 1. The van der Waals surface area contributed by atoms with Crippen molar-refractivity contribution in [1.82, 2.24) is 14.5 Å². The molecule has 2 atom stereocenters. The third-order valence-corrected chi connectivity index (χ3v) is 6.15. The third kappa shape index (κ3) is 4.15. The fourth-order valence-electron chi connectivity index (χ4n) is 4.47. The number of aromatic nitrogens is 3. The number of pyridine rings is 1. The number of rotatable bonds is 7. The lowest BCUT2D eigenvalue weighted by atomic mass is 9.81. The minimum Gasteiger partial charge on any atom is -0.481 e. The Labute approximate surface area is 188 Å². The Kier molecular flexibility index (Phi) is 6.08. The highest BCUT2D eigenvalue weighted by molar-refractivity contribution is 5.76. The van der Waals surface area contributed by atoms with Crippen molar-refractivity contribution in [3.63, 3.8) is 0 Å². The highest BCUT2D eigenvalue weighted by atomic mass is 16.4. The van der Waals surface area contributed by atoms with Crippen LogP contribution in [0.1, 0.15) is 53.5 Å². The fraction of sp³-hybridized carbons (Fsp3) is 0.296. The third-order valence-electron chi connectivity index (χ3n) is 6.15.